The highest BCUT2D eigenvalue weighted by Gasteiger charge is 2.46. The summed E-state index contributed by atoms with van der Waals surface area (Å²) in [6.45, 7) is 6.40. The maximum atomic E-state index is 12.0. The largest absolute Gasteiger partial charge is 0.466 e. The smallest absolute Gasteiger partial charge is 0.338 e. The van der Waals surface area contributed by atoms with Crippen LogP contribution in [-0.2, 0) is 23.8 Å². The molecule has 2 atom stereocenters. The van der Waals surface area contributed by atoms with E-state index >= 15 is 0 Å². The number of hydrogen-bond acceptors (Lipinski definition) is 5. The van der Waals surface area contributed by atoms with Gasteiger partial charge in [0, 0.05) is 12.5 Å². The minimum Gasteiger partial charge on any atom is -0.466 e. The lowest BCUT2D eigenvalue weighted by Crippen LogP contribution is -2.50. The minimum atomic E-state index is -1.03. The van der Waals surface area contributed by atoms with Gasteiger partial charge in [0.05, 0.1) is 19.6 Å². The van der Waals surface area contributed by atoms with Gasteiger partial charge >= 0.3 is 11.9 Å². The molecule has 0 aromatic heterocycles. The molecule has 0 aromatic carbocycles. The van der Waals surface area contributed by atoms with Gasteiger partial charge in [-0.1, -0.05) is 0 Å². The lowest BCUT2D eigenvalue weighted by atomic mass is 9.81. The Kier molecular flexibility index (Phi) is 5.59. The van der Waals surface area contributed by atoms with Crippen molar-refractivity contribution >= 4 is 11.9 Å². The summed E-state index contributed by atoms with van der Waals surface area (Å²) >= 11 is 0. The molecule has 0 saturated carbocycles. The summed E-state index contributed by atoms with van der Waals surface area (Å²) < 4.78 is 15.6. The number of rotatable bonds is 5. The zero-order chi connectivity index (χ0) is 13.6. The first-order valence-electron chi connectivity index (χ1n) is 6.51. The molecule has 0 bridgehead atoms. The van der Waals surface area contributed by atoms with Crippen LogP contribution in [0.15, 0.2) is 0 Å². The van der Waals surface area contributed by atoms with Gasteiger partial charge in [0.25, 0.3) is 0 Å². The van der Waals surface area contributed by atoms with E-state index in [-0.39, 0.29) is 24.3 Å². The molecule has 0 aliphatic carbocycles. The Hall–Kier alpha value is -1.10. The first kappa shape index (κ1) is 15.0. The predicted octanol–water partition coefficient (Wildman–Crippen LogP) is 1.69. The van der Waals surface area contributed by atoms with Crippen molar-refractivity contribution in [2.75, 3.05) is 19.8 Å². The second-order valence-electron chi connectivity index (χ2n) is 4.52. The van der Waals surface area contributed by atoms with E-state index in [1.807, 2.05) is 0 Å². The predicted molar refractivity (Wildman–Crippen MR) is 65.0 cm³/mol. The molecule has 18 heavy (non-hydrogen) atoms. The van der Waals surface area contributed by atoms with Crippen molar-refractivity contribution in [2.45, 2.75) is 45.6 Å². The molecular weight excluding hydrogens is 236 g/mol. The first-order chi connectivity index (χ1) is 8.54. The maximum Gasteiger partial charge on any atom is 0.338 e. The van der Waals surface area contributed by atoms with E-state index in [2.05, 4.69) is 0 Å². The lowest BCUT2D eigenvalue weighted by molar-refractivity contribution is -0.187. The third-order valence-corrected chi connectivity index (χ3v) is 3.28. The second kappa shape index (κ2) is 6.73. The third kappa shape index (κ3) is 3.45. The Bertz CT molecular complexity index is 302. The highest BCUT2D eigenvalue weighted by atomic mass is 16.6. The van der Waals surface area contributed by atoms with Crippen molar-refractivity contribution in [2.24, 2.45) is 5.92 Å². The van der Waals surface area contributed by atoms with Crippen molar-refractivity contribution in [3.63, 3.8) is 0 Å². The van der Waals surface area contributed by atoms with Crippen molar-refractivity contribution < 1.29 is 23.8 Å². The summed E-state index contributed by atoms with van der Waals surface area (Å²) in [4.78, 5) is 23.5. The van der Waals surface area contributed by atoms with Crippen molar-refractivity contribution in [1.29, 1.82) is 0 Å². The third-order valence-electron chi connectivity index (χ3n) is 3.28. The van der Waals surface area contributed by atoms with Crippen LogP contribution in [0.3, 0.4) is 0 Å². The Morgan fingerprint density at radius 3 is 2.56 bits per heavy atom. The molecule has 0 aromatic rings. The molecule has 1 fully saturated rings. The Labute approximate surface area is 108 Å². The van der Waals surface area contributed by atoms with E-state index in [0.29, 0.717) is 19.8 Å². The maximum absolute atomic E-state index is 12.0. The minimum absolute atomic E-state index is 0.177. The molecule has 1 rings (SSSR count). The molecule has 0 radical (unpaired) electrons. The van der Waals surface area contributed by atoms with Gasteiger partial charge in [-0.05, 0) is 33.6 Å². The van der Waals surface area contributed by atoms with Crippen LogP contribution in [0.25, 0.3) is 0 Å². The van der Waals surface area contributed by atoms with Crippen molar-refractivity contribution in [3.8, 4) is 0 Å². The average molecular weight is 258 g/mol. The molecule has 104 valence electrons. The van der Waals surface area contributed by atoms with Crippen LogP contribution in [0, 0.1) is 5.92 Å². The molecule has 0 spiro atoms. The molecule has 0 amide bonds. The summed E-state index contributed by atoms with van der Waals surface area (Å²) in [5.74, 6) is -0.855. The summed E-state index contributed by atoms with van der Waals surface area (Å²) in [7, 11) is 0. The van der Waals surface area contributed by atoms with Crippen molar-refractivity contribution in [3.05, 3.63) is 0 Å². The molecule has 1 saturated heterocycles. The van der Waals surface area contributed by atoms with E-state index in [0.717, 1.165) is 12.8 Å². The normalized spacial score (nSPS) is 27.6. The first-order valence-corrected chi connectivity index (χ1v) is 6.51. The van der Waals surface area contributed by atoms with Crippen LogP contribution in [0.5, 0.6) is 0 Å². The molecule has 1 aliphatic rings. The van der Waals surface area contributed by atoms with Gasteiger partial charge in [0.2, 0.25) is 0 Å². The quantitative estimate of drug-likeness (QED) is 0.702. The Morgan fingerprint density at radius 1 is 1.28 bits per heavy atom. The Morgan fingerprint density at radius 2 is 1.94 bits per heavy atom. The van der Waals surface area contributed by atoms with E-state index in [9.17, 15) is 9.59 Å². The topological polar surface area (TPSA) is 61.8 Å². The van der Waals surface area contributed by atoms with Crippen LogP contribution in [-0.4, -0.2) is 37.4 Å². The van der Waals surface area contributed by atoms with E-state index in [4.69, 9.17) is 14.2 Å². The fourth-order valence-corrected chi connectivity index (χ4v) is 2.23. The number of ether oxygens (including phenoxy) is 3. The van der Waals surface area contributed by atoms with Gasteiger partial charge < -0.3 is 14.2 Å². The average Bonchev–Trinajstić information content (AvgIpc) is 2.33. The monoisotopic (exact) mass is 258 g/mol. The molecular formula is C13H22O5. The highest BCUT2D eigenvalue weighted by molar-refractivity contribution is 5.81. The number of carbonyl (C=O) groups excluding carboxylic acids is 2. The zero-order valence-corrected chi connectivity index (χ0v) is 11.4. The van der Waals surface area contributed by atoms with Gasteiger partial charge in [-0.2, -0.15) is 0 Å². The van der Waals surface area contributed by atoms with Gasteiger partial charge in [-0.15, -0.1) is 0 Å². The summed E-state index contributed by atoms with van der Waals surface area (Å²) in [6.07, 6.45) is 1.82. The summed E-state index contributed by atoms with van der Waals surface area (Å²) in [6, 6.07) is 0. The molecule has 5 nitrogen and oxygen atoms in total. The number of esters is 2. The Balaban J connectivity index is 2.72. The highest BCUT2D eigenvalue weighted by Crippen LogP contribution is 2.34. The van der Waals surface area contributed by atoms with E-state index in [1.54, 1.807) is 20.8 Å². The van der Waals surface area contributed by atoms with Gasteiger partial charge in [0.1, 0.15) is 0 Å². The molecule has 1 heterocycles. The van der Waals surface area contributed by atoms with Gasteiger partial charge in [0.15, 0.2) is 5.60 Å². The fourth-order valence-electron chi connectivity index (χ4n) is 2.23. The summed E-state index contributed by atoms with van der Waals surface area (Å²) in [5.41, 5.74) is -1.03. The number of hydrogen-bond donors (Lipinski definition) is 0. The summed E-state index contributed by atoms with van der Waals surface area (Å²) in [5, 5.41) is 0. The molecule has 1 aliphatic heterocycles. The molecule has 0 unspecified atom stereocenters. The van der Waals surface area contributed by atoms with E-state index in [1.165, 1.54) is 0 Å². The SMILES string of the molecule is CCOC(=O)C[C@@H]1CCCO[C@]1(C)C(=O)OCC. The molecule has 0 N–H and O–H groups in total. The van der Waals surface area contributed by atoms with Crippen molar-refractivity contribution in [1.82, 2.24) is 0 Å². The standard InChI is InChI=1S/C13H22O5/c1-4-16-11(14)9-10-7-6-8-18-13(10,3)12(15)17-5-2/h10H,4-9H2,1-3H3/t10-,13-/m0/s1. The van der Waals surface area contributed by atoms with Gasteiger partial charge in [-0.25, -0.2) is 4.79 Å². The van der Waals surface area contributed by atoms with Crippen LogP contribution >= 0.6 is 0 Å². The fraction of sp³-hybridized carbons (Fsp3) is 0.846. The molecule has 5 heteroatoms. The van der Waals surface area contributed by atoms with Gasteiger partial charge in [-0.3, -0.25) is 4.79 Å². The number of carbonyl (C=O) groups is 2. The lowest BCUT2D eigenvalue weighted by Gasteiger charge is -2.38. The second-order valence-corrected chi connectivity index (χ2v) is 4.52. The van der Waals surface area contributed by atoms with E-state index < -0.39 is 5.60 Å². The van der Waals surface area contributed by atoms with Crippen LogP contribution in [0.2, 0.25) is 0 Å². The van der Waals surface area contributed by atoms with Crippen LogP contribution < -0.4 is 0 Å². The van der Waals surface area contributed by atoms with Crippen LogP contribution in [0.4, 0.5) is 0 Å². The van der Waals surface area contributed by atoms with Crippen LogP contribution in [0.1, 0.15) is 40.0 Å². The zero-order valence-electron chi connectivity index (χ0n) is 11.4.